The summed E-state index contributed by atoms with van der Waals surface area (Å²) in [5.41, 5.74) is 1.80. The van der Waals surface area contributed by atoms with E-state index in [1.807, 2.05) is 25.1 Å². The summed E-state index contributed by atoms with van der Waals surface area (Å²) in [5, 5.41) is 5.07. The van der Waals surface area contributed by atoms with E-state index in [-0.39, 0.29) is 0 Å². The Morgan fingerprint density at radius 2 is 1.97 bits per heavy atom. The van der Waals surface area contributed by atoms with Gasteiger partial charge in [0, 0.05) is 43.3 Å². The van der Waals surface area contributed by atoms with Crippen LogP contribution < -0.4 is 10.1 Å². The summed E-state index contributed by atoms with van der Waals surface area (Å²) < 4.78 is 11.3. The molecule has 1 saturated heterocycles. The number of hydrogen-bond donors (Lipinski definition) is 1. The second kappa shape index (κ2) is 12.5. The SMILES string of the molecule is CCOc1ccccc1CN(CCCN1CCOCC1)C(=S)Nc1cc(Cl)ccc1Cl. The third kappa shape index (κ3) is 7.51. The lowest BCUT2D eigenvalue weighted by molar-refractivity contribution is 0.0367. The molecule has 1 heterocycles. The van der Waals surface area contributed by atoms with E-state index in [1.165, 1.54) is 0 Å². The molecule has 0 atom stereocenters. The van der Waals surface area contributed by atoms with Crippen LogP contribution in [0.4, 0.5) is 5.69 Å². The lowest BCUT2D eigenvalue weighted by atomic mass is 10.2. The molecule has 0 aliphatic carbocycles. The highest BCUT2D eigenvalue weighted by molar-refractivity contribution is 7.80. The second-order valence-corrected chi connectivity index (χ2v) is 8.55. The smallest absolute Gasteiger partial charge is 0.173 e. The minimum Gasteiger partial charge on any atom is -0.494 e. The third-order valence-electron chi connectivity index (χ3n) is 5.10. The molecule has 1 aliphatic rings. The van der Waals surface area contributed by atoms with Crippen LogP contribution in [0.25, 0.3) is 0 Å². The van der Waals surface area contributed by atoms with Crippen molar-refractivity contribution >= 4 is 46.2 Å². The number of hydrogen-bond acceptors (Lipinski definition) is 4. The van der Waals surface area contributed by atoms with Gasteiger partial charge in [0.15, 0.2) is 5.11 Å². The highest BCUT2D eigenvalue weighted by Crippen LogP contribution is 2.26. The molecule has 1 N–H and O–H groups in total. The number of thiocarbonyl (C=S) groups is 1. The number of anilines is 1. The second-order valence-electron chi connectivity index (χ2n) is 7.32. The molecule has 8 heteroatoms. The zero-order valence-electron chi connectivity index (χ0n) is 17.8. The molecule has 2 aromatic carbocycles. The van der Waals surface area contributed by atoms with Crippen molar-refractivity contribution in [1.29, 1.82) is 0 Å². The van der Waals surface area contributed by atoms with E-state index >= 15 is 0 Å². The number of nitrogens with zero attached hydrogens (tertiary/aromatic N) is 2. The van der Waals surface area contributed by atoms with Crippen LogP contribution in [0, 0.1) is 0 Å². The molecule has 0 unspecified atom stereocenters. The van der Waals surface area contributed by atoms with Gasteiger partial charge in [0.05, 0.1) is 30.5 Å². The van der Waals surface area contributed by atoms with Crippen LogP contribution >= 0.6 is 35.4 Å². The first kappa shape index (κ1) is 24.1. The summed E-state index contributed by atoms with van der Waals surface area (Å²) >= 11 is 18.3. The molecule has 1 aliphatic heterocycles. The average Bonchev–Trinajstić information content (AvgIpc) is 2.77. The van der Waals surface area contributed by atoms with Gasteiger partial charge >= 0.3 is 0 Å². The maximum absolute atomic E-state index is 6.34. The fraction of sp³-hybridized carbons (Fsp3) is 0.435. The molecule has 1 fully saturated rings. The minimum absolute atomic E-state index is 0.578. The lowest BCUT2D eigenvalue weighted by Gasteiger charge is -2.30. The van der Waals surface area contributed by atoms with Crippen molar-refractivity contribution in [3.63, 3.8) is 0 Å². The molecular formula is C23H29Cl2N3O2S. The maximum atomic E-state index is 6.34. The molecule has 0 amide bonds. The summed E-state index contributed by atoms with van der Waals surface area (Å²) in [5.74, 6) is 0.881. The lowest BCUT2D eigenvalue weighted by Crippen LogP contribution is -2.40. The van der Waals surface area contributed by atoms with Crippen LogP contribution in [0.15, 0.2) is 42.5 Å². The Hall–Kier alpha value is -1.57. The molecule has 2 aromatic rings. The molecule has 0 saturated carbocycles. The quantitative estimate of drug-likeness (QED) is 0.488. The molecule has 5 nitrogen and oxygen atoms in total. The van der Waals surface area contributed by atoms with Gasteiger partial charge in [0.2, 0.25) is 0 Å². The summed E-state index contributed by atoms with van der Waals surface area (Å²) in [6.07, 6.45) is 0.988. The van der Waals surface area contributed by atoms with Crippen LogP contribution in [-0.2, 0) is 11.3 Å². The third-order valence-corrected chi connectivity index (χ3v) is 6.02. The molecule has 0 bridgehead atoms. The van der Waals surface area contributed by atoms with Crippen LogP contribution in [0.3, 0.4) is 0 Å². The van der Waals surface area contributed by atoms with Gasteiger partial charge in [-0.2, -0.15) is 0 Å². The van der Waals surface area contributed by atoms with Gasteiger partial charge in [-0.1, -0.05) is 41.4 Å². The normalized spacial score (nSPS) is 14.3. The summed E-state index contributed by atoms with van der Waals surface area (Å²) in [7, 11) is 0. The minimum atomic E-state index is 0.578. The zero-order valence-corrected chi connectivity index (χ0v) is 20.1. The molecule has 0 radical (unpaired) electrons. The number of ether oxygens (including phenoxy) is 2. The molecule has 168 valence electrons. The van der Waals surface area contributed by atoms with E-state index in [2.05, 4.69) is 21.2 Å². The van der Waals surface area contributed by atoms with Gasteiger partial charge < -0.3 is 19.7 Å². The van der Waals surface area contributed by atoms with E-state index < -0.39 is 0 Å². The van der Waals surface area contributed by atoms with E-state index in [4.69, 9.17) is 44.9 Å². The first-order valence-electron chi connectivity index (χ1n) is 10.6. The van der Waals surface area contributed by atoms with Crippen molar-refractivity contribution in [3.8, 4) is 5.75 Å². The first-order chi connectivity index (χ1) is 15.1. The Morgan fingerprint density at radius 1 is 1.19 bits per heavy atom. The Kier molecular flexibility index (Phi) is 9.68. The number of halogens is 2. The largest absolute Gasteiger partial charge is 0.494 e. The van der Waals surface area contributed by atoms with Gasteiger partial charge in [0.25, 0.3) is 0 Å². The van der Waals surface area contributed by atoms with Crippen LogP contribution in [0.5, 0.6) is 5.75 Å². The summed E-state index contributed by atoms with van der Waals surface area (Å²) in [6.45, 7) is 8.64. The monoisotopic (exact) mass is 481 g/mol. The number of benzene rings is 2. The fourth-order valence-corrected chi connectivity index (χ4v) is 4.09. The molecular weight excluding hydrogens is 453 g/mol. The van der Waals surface area contributed by atoms with Gasteiger partial charge in [-0.05, 0) is 49.8 Å². The maximum Gasteiger partial charge on any atom is 0.173 e. The number of rotatable bonds is 9. The average molecular weight is 482 g/mol. The van der Waals surface area contributed by atoms with Gasteiger partial charge in [-0.3, -0.25) is 4.90 Å². The van der Waals surface area contributed by atoms with Gasteiger partial charge in [-0.25, -0.2) is 0 Å². The van der Waals surface area contributed by atoms with Crippen LogP contribution in [0.1, 0.15) is 18.9 Å². The van der Waals surface area contributed by atoms with Crippen molar-refractivity contribution in [3.05, 3.63) is 58.1 Å². The van der Waals surface area contributed by atoms with Crippen LogP contribution in [0.2, 0.25) is 10.0 Å². The standard InChI is InChI=1S/C23H29Cl2N3O2S/c1-2-30-22-7-4-3-6-18(22)17-28(11-5-10-27-12-14-29-15-13-27)23(31)26-21-16-19(24)8-9-20(21)25/h3-4,6-9,16H,2,5,10-15,17H2,1H3,(H,26,31). The number of para-hydroxylation sites is 1. The summed E-state index contributed by atoms with van der Waals surface area (Å²) in [6, 6.07) is 13.4. The van der Waals surface area contributed by atoms with Crippen molar-refractivity contribution in [1.82, 2.24) is 9.80 Å². The van der Waals surface area contributed by atoms with E-state index in [1.54, 1.807) is 18.2 Å². The summed E-state index contributed by atoms with van der Waals surface area (Å²) in [4.78, 5) is 4.59. The molecule has 0 spiro atoms. The number of nitrogens with one attached hydrogen (secondary N) is 1. The first-order valence-corrected chi connectivity index (χ1v) is 11.7. The van der Waals surface area contributed by atoms with Crippen molar-refractivity contribution < 1.29 is 9.47 Å². The predicted molar refractivity (Wildman–Crippen MR) is 133 cm³/mol. The van der Waals surface area contributed by atoms with E-state index in [0.29, 0.717) is 34.0 Å². The van der Waals surface area contributed by atoms with Crippen molar-refractivity contribution in [2.24, 2.45) is 0 Å². The molecule has 3 rings (SSSR count). The predicted octanol–water partition coefficient (Wildman–Crippen LogP) is 5.31. The van der Waals surface area contributed by atoms with Gasteiger partial charge in [0.1, 0.15) is 5.75 Å². The van der Waals surface area contributed by atoms with Crippen molar-refractivity contribution in [2.75, 3.05) is 51.3 Å². The molecule has 0 aromatic heterocycles. The van der Waals surface area contributed by atoms with Crippen molar-refractivity contribution in [2.45, 2.75) is 19.9 Å². The topological polar surface area (TPSA) is 37.0 Å². The Morgan fingerprint density at radius 3 is 2.74 bits per heavy atom. The zero-order chi connectivity index (χ0) is 22.1. The Bertz CT molecular complexity index is 862. The fourth-order valence-electron chi connectivity index (χ4n) is 3.49. The Balaban J connectivity index is 1.71. The number of morpholine rings is 1. The Labute approximate surface area is 200 Å². The van der Waals surface area contributed by atoms with E-state index in [9.17, 15) is 0 Å². The van der Waals surface area contributed by atoms with Crippen LogP contribution in [-0.4, -0.2) is 60.9 Å². The molecule has 31 heavy (non-hydrogen) atoms. The highest BCUT2D eigenvalue weighted by atomic mass is 35.5. The van der Waals surface area contributed by atoms with Gasteiger partial charge in [-0.15, -0.1) is 0 Å². The van der Waals surface area contributed by atoms with E-state index in [0.717, 1.165) is 57.1 Å². The highest BCUT2D eigenvalue weighted by Gasteiger charge is 2.16.